The Labute approximate surface area is 77.6 Å². The minimum absolute atomic E-state index is 0. The van der Waals surface area contributed by atoms with Crippen LogP contribution in [0.3, 0.4) is 0 Å². The summed E-state index contributed by atoms with van der Waals surface area (Å²) in [6, 6.07) is 0. The van der Waals surface area contributed by atoms with Crippen LogP contribution in [0.25, 0.3) is 0 Å². The van der Waals surface area contributed by atoms with Crippen LogP contribution in [0.5, 0.6) is 0 Å². The van der Waals surface area contributed by atoms with Gasteiger partial charge in [0.25, 0.3) is 0 Å². The summed E-state index contributed by atoms with van der Waals surface area (Å²) in [6.07, 6.45) is 3.81. The topological polar surface area (TPSA) is 0 Å². The molecule has 0 unspecified atom stereocenters. The van der Waals surface area contributed by atoms with Crippen molar-refractivity contribution in [3.05, 3.63) is 12.2 Å². The lowest BCUT2D eigenvalue weighted by atomic mass is 10.6. The SMILES string of the molecule is C/C=C/CCl.Cl.ClCCl. The van der Waals surface area contributed by atoms with Crippen LogP contribution in [0.2, 0.25) is 0 Å². The number of hydrogen-bond acceptors (Lipinski definition) is 0. The molecule has 0 aromatic carbocycles. The van der Waals surface area contributed by atoms with Gasteiger partial charge in [0.1, 0.15) is 0 Å². The van der Waals surface area contributed by atoms with E-state index >= 15 is 0 Å². The molecule has 0 fully saturated rings. The fourth-order valence-corrected chi connectivity index (χ4v) is 0.267. The Bertz CT molecular complexity index is 44.2. The summed E-state index contributed by atoms with van der Waals surface area (Å²) >= 11 is 14.7. The van der Waals surface area contributed by atoms with Crippen LogP contribution in [-0.4, -0.2) is 11.2 Å². The van der Waals surface area contributed by atoms with Crippen LogP contribution in [0.15, 0.2) is 12.2 Å². The molecule has 0 bridgehead atoms. The molecule has 0 heterocycles. The van der Waals surface area contributed by atoms with Gasteiger partial charge in [0.15, 0.2) is 0 Å². The molecule has 0 aliphatic heterocycles. The highest BCUT2D eigenvalue weighted by Crippen LogP contribution is 1.73. The minimum atomic E-state index is 0. The highest BCUT2D eigenvalue weighted by atomic mass is 35.5. The van der Waals surface area contributed by atoms with Gasteiger partial charge < -0.3 is 0 Å². The van der Waals surface area contributed by atoms with Crippen LogP contribution >= 0.6 is 47.2 Å². The zero-order valence-electron chi connectivity index (χ0n) is 5.11. The van der Waals surface area contributed by atoms with E-state index in [9.17, 15) is 0 Å². The van der Waals surface area contributed by atoms with Crippen LogP contribution in [-0.2, 0) is 0 Å². The molecule has 0 amide bonds. The molecule has 0 aliphatic rings. The van der Waals surface area contributed by atoms with Gasteiger partial charge in [0.05, 0.1) is 5.34 Å². The first-order valence-corrected chi connectivity index (χ1v) is 3.72. The van der Waals surface area contributed by atoms with E-state index in [4.69, 9.17) is 34.8 Å². The molecule has 0 aromatic rings. The van der Waals surface area contributed by atoms with Crippen molar-refractivity contribution < 1.29 is 0 Å². The molecule has 4 heteroatoms. The highest BCUT2D eigenvalue weighted by molar-refractivity contribution is 6.40. The smallest absolute Gasteiger partial charge is 0.0967 e. The Morgan fingerprint density at radius 3 is 1.56 bits per heavy atom. The van der Waals surface area contributed by atoms with E-state index in [2.05, 4.69) is 0 Å². The Morgan fingerprint density at radius 2 is 1.56 bits per heavy atom. The van der Waals surface area contributed by atoms with Gasteiger partial charge in [-0.2, -0.15) is 0 Å². The largest absolute Gasteiger partial charge is 0.147 e. The summed E-state index contributed by atoms with van der Waals surface area (Å²) in [6.45, 7) is 1.95. The fraction of sp³-hybridized carbons (Fsp3) is 0.600. The molecule has 0 saturated heterocycles. The Hall–Kier alpha value is 0.900. The van der Waals surface area contributed by atoms with E-state index in [0.717, 1.165) is 0 Å². The van der Waals surface area contributed by atoms with Gasteiger partial charge in [-0.15, -0.1) is 47.2 Å². The molecule has 0 atom stereocenters. The summed E-state index contributed by atoms with van der Waals surface area (Å²) in [5.74, 6) is 0.635. The molecule has 58 valence electrons. The van der Waals surface area contributed by atoms with Crippen molar-refractivity contribution in [3.8, 4) is 0 Å². The average Bonchev–Trinajstić information content (AvgIpc) is 1.71. The number of rotatable bonds is 1. The van der Waals surface area contributed by atoms with Crippen molar-refractivity contribution in [2.24, 2.45) is 0 Å². The number of halogens is 4. The standard InChI is InChI=1S/C4H7Cl.CH2Cl2.ClH/c1-2-3-4-5;2-1-3;/h2-3H,4H2,1H3;1H2;1H/b3-2+;;. The first-order chi connectivity index (χ1) is 3.83. The second-order valence-electron chi connectivity index (χ2n) is 0.824. The van der Waals surface area contributed by atoms with Gasteiger partial charge >= 0.3 is 0 Å². The number of alkyl halides is 3. The van der Waals surface area contributed by atoms with Crippen LogP contribution in [0.4, 0.5) is 0 Å². The Morgan fingerprint density at radius 1 is 1.22 bits per heavy atom. The van der Waals surface area contributed by atoms with E-state index in [0.29, 0.717) is 5.88 Å². The maximum Gasteiger partial charge on any atom is 0.0967 e. The van der Waals surface area contributed by atoms with Crippen molar-refractivity contribution >= 4 is 47.2 Å². The minimum Gasteiger partial charge on any atom is -0.147 e. The quantitative estimate of drug-likeness (QED) is 0.459. The summed E-state index contributed by atoms with van der Waals surface area (Å²) in [7, 11) is 0. The van der Waals surface area contributed by atoms with Crippen molar-refractivity contribution in [2.45, 2.75) is 6.92 Å². The molecule has 0 aliphatic carbocycles. The fourth-order valence-electron chi connectivity index (χ4n) is 0.0891. The lowest BCUT2D eigenvalue weighted by molar-refractivity contribution is 1.65. The van der Waals surface area contributed by atoms with Crippen molar-refractivity contribution in [1.29, 1.82) is 0 Å². The van der Waals surface area contributed by atoms with E-state index < -0.39 is 0 Å². The van der Waals surface area contributed by atoms with Gasteiger partial charge in [-0.3, -0.25) is 0 Å². The maximum absolute atomic E-state index is 5.21. The van der Waals surface area contributed by atoms with Crippen molar-refractivity contribution in [1.82, 2.24) is 0 Å². The molecule has 0 aromatic heterocycles. The van der Waals surface area contributed by atoms with E-state index in [-0.39, 0.29) is 17.7 Å². The van der Waals surface area contributed by atoms with E-state index in [1.807, 2.05) is 19.1 Å². The van der Waals surface area contributed by atoms with E-state index in [1.54, 1.807) is 0 Å². The molecular formula is C5H10Cl4. The zero-order valence-corrected chi connectivity index (χ0v) is 8.20. The van der Waals surface area contributed by atoms with Crippen LogP contribution in [0.1, 0.15) is 6.92 Å². The third kappa shape index (κ3) is 50.4. The Balaban J connectivity index is -0.0000000800. The molecule has 0 saturated carbocycles. The molecule has 0 N–H and O–H groups in total. The zero-order chi connectivity index (χ0) is 6.83. The molecular weight excluding hydrogens is 202 g/mol. The normalized spacial score (nSPS) is 7.56. The number of hydrogen-bond donors (Lipinski definition) is 0. The first kappa shape index (κ1) is 16.5. The average molecular weight is 212 g/mol. The second kappa shape index (κ2) is 23.1. The highest BCUT2D eigenvalue weighted by Gasteiger charge is 1.54. The summed E-state index contributed by atoms with van der Waals surface area (Å²) in [5.41, 5.74) is 0. The first-order valence-electron chi connectivity index (χ1n) is 2.12. The van der Waals surface area contributed by atoms with Crippen molar-refractivity contribution in [3.63, 3.8) is 0 Å². The summed E-state index contributed by atoms with van der Waals surface area (Å²) < 4.78 is 0. The third-order valence-corrected chi connectivity index (χ3v) is 0.503. The molecule has 0 rings (SSSR count). The molecule has 0 spiro atoms. The predicted molar refractivity (Wildman–Crippen MR) is 49.4 cm³/mol. The maximum atomic E-state index is 5.21. The van der Waals surface area contributed by atoms with Gasteiger partial charge in [0.2, 0.25) is 0 Å². The third-order valence-electron chi connectivity index (χ3n) is 0.325. The van der Waals surface area contributed by atoms with Gasteiger partial charge in [0, 0.05) is 5.88 Å². The predicted octanol–water partition coefficient (Wildman–Crippen LogP) is 3.64. The van der Waals surface area contributed by atoms with Crippen LogP contribution < -0.4 is 0 Å². The number of allylic oxidation sites excluding steroid dienone is 2. The van der Waals surface area contributed by atoms with Crippen molar-refractivity contribution in [2.75, 3.05) is 11.2 Å². The van der Waals surface area contributed by atoms with Gasteiger partial charge in [-0.1, -0.05) is 12.2 Å². The van der Waals surface area contributed by atoms with Gasteiger partial charge in [-0.25, -0.2) is 0 Å². The summed E-state index contributed by atoms with van der Waals surface area (Å²) in [5, 5.41) is 0.194. The summed E-state index contributed by atoms with van der Waals surface area (Å²) in [4.78, 5) is 0. The van der Waals surface area contributed by atoms with E-state index in [1.165, 1.54) is 0 Å². The van der Waals surface area contributed by atoms with Gasteiger partial charge in [-0.05, 0) is 6.92 Å². The molecule has 9 heavy (non-hydrogen) atoms. The molecule has 0 nitrogen and oxygen atoms in total. The lowest BCUT2D eigenvalue weighted by Gasteiger charge is -1.63. The Kier molecular flexibility index (Phi) is 42.3. The lowest BCUT2D eigenvalue weighted by Crippen LogP contribution is -1.50. The second-order valence-corrected chi connectivity index (χ2v) is 1.94. The van der Waals surface area contributed by atoms with Crippen LogP contribution in [0, 0.1) is 0 Å². The molecule has 0 radical (unpaired) electrons. The monoisotopic (exact) mass is 210 g/mol.